The third kappa shape index (κ3) is 3.41. The van der Waals surface area contributed by atoms with Gasteiger partial charge in [-0.05, 0) is 59.7 Å². The van der Waals surface area contributed by atoms with E-state index in [1.165, 1.54) is 7.11 Å². The summed E-state index contributed by atoms with van der Waals surface area (Å²) in [5.74, 6) is 0.359. The Morgan fingerprint density at radius 1 is 1.45 bits per heavy atom. The van der Waals surface area contributed by atoms with E-state index >= 15 is 0 Å². The van der Waals surface area contributed by atoms with Crippen LogP contribution in [-0.2, 0) is 9.53 Å². The lowest BCUT2D eigenvalue weighted by Gasteiger charge is -2.29. The number of hydrogen-bond donors (Lipinski definition) is 2. The van der Waals surface area contributed by atoms with E-state index in [9.17, 15) is 4.79 Å². The van der Waals surface area contributed by atoms with Gasteiger partial charge in [-0.25, -0.2) is 4.79 Å². The predicted octanol–water partition coefficient (Wildman–Crippen LogP) is 2.81. The number of nitrogens with one attached hydrogen (secondary N) is 2. The zero-order valence-corrected chi connectivity index (χ0v) is 14.9. The zero-order chi connectivity index (χ0) is 16.3. The number of carbonyl (C=O) groups excluding carboxylic acids is 1. The summed E-state index contributed by atoms with van der Waals surface area (Å²) in [5, 5.41) is 6.53. The molecule has 0 saturated carbocycles. The van der Waals surface area contributed by atoms with Crippen LogP contribution in [0, 0.1) is 0 Å². The molecule has 1 aromatic carbocycles. The maximum atomic E-state index is 12.1. The minimum absolute atomic E-state index is 0.367. The van der Waals surface area contributed by atoms with Crippen molar-refractivity contribution in [2.24, 2.45) is 0 Å². The Kier molecular flexibility index (Phi) is 5.42. The zero-order valence-electron chi connectivity index (χ0n) is 12.5. The number of carbonyl (C=O) groups is 1. The summed E-state index contributed by atoms with van der Waals surface area (Å²) < 4.78 is 11.2. The Morgan fingerprint density at radius 3 is 2.77 bits per heavy atom. The number of methoxy groups -OCH3 is 1. The van der Waals surface area contributed by atoms with E-state index in [2.05, 4.69) is 26.6 Å². The first-order valence-electron chi connectivity index (χ1n) is 6.76. The fraction of sp³-hybridized carbons (Fsp3) is 0.333. The lowest BCUT2D eigenvalue weighted by atomic mass is 9.95. The van der Waals surface area contributed by atoms with Crippen molar-refractivity contribution in [2.75, 3.05) is 13.7 Å². The molecule has 1 aromatic rings. The van der Waals surface area contributed by atoms with Crippen LogP contribution in [0.1, 0.15) is 25.5 Å². The van der Waals surface area contributed by atoms with Gasteiger partial charge in [0, 0.05) is 5.70 Å². The highest BCUT2D eigenvalue weighted by molar-refractivity contribution is 9.10. The highest BCUT2D eigenvalue weighted by atomic mass is 79.9. The minimum Gasteiger partial charge on any atom is -0.493 e. The number of ether oxygens (including phenoxy) is 2. The fourth-order valence-corrected chi connectivity index (χ4v) is 3.08. The lowest BCUT2D eigenvalue weighted by molar-refractivity contribution is -0.136. The molecule has 0 radical (unpaired) electrons. The van der Waals surface area contributed by atoms with Gasteiger partial charge in [0.1, 0.15) is 5.75 Å². The van der Waals surface area contributed by atoms with E-state index in [-0.39, 0.29) is 6.04 Å². The second kappa shape index (κ2) is 7.11. The van der Waals surface area contributed by atoms with Crippen molar-refractivity contribution in [3.05, 3.63) is 39.5 Å². The Morgan fingerprint density at radius 2 is 2.18 bits per heavy atom. The molecule has 118 valence electrons. The summed E-state index contributed by atoms with van der Waals surface area (Å²) >= 11 is 8.68. The number of hydrogen-bond acceptors (Lipinski definition) is 4. The van der Waals surface area contributed by atoms with Crippen LogP contribution in [0.4, 0.5) is 0 Å². The van der Waals surface area contributed by atoms with Gasteiger partial charge in [-0.2, -0.15) is 0 Å². The van der Waals surface area contributed by atoms with E-state index < -0.39 is 5.97 Å². The van der Waals surface area contributed by atoms with Gasteiger partial charge in [0.25, 0.3) is 0 Å². The van der Waals surface area contributed by atoms with Crippen LogP contribution in [0.3, 0.4) is 0 Å². The Bertz CT molecular complexity index is 646. The van der Waals surface area contributed by atoms with Gasteiger partial charge in [0.2, 0.25) is 0 Å². The van der Waals surface area contributed by atoms with Gasteiger partial charge >= 0.3 is 5.97 Å². The molecule has 0 bridgehead atoms. The average Bonchev–Trinajstić information content (AvgIpc) is 2.48. The van der Waals surface area contributed by atoms with E-state index in [1.54, 1.807) is 6.92 Å². The first kappa shape index (κ1) is 16.8. The number of allylic oxidation sites excluding steroid dienone is 1. The van der Waals surface area contributed by atoms with Gasteiger partial charge in [0.15, 0.2) is 5.11 Å². The molecule has 0 amide bonds. The second-order valence-electron chi connectivity index (χ2n) is 4.68. The standard InChI is InChI=1S/C15H17BrN2O3S/c1-4-21-11-6-5-9(7-10(11)16)13-12(14(19)20-3)8(2)17-15(22)18-13/h5-7,13H,4H2,1-3H3,(H2,17,18,22)/t13-/m0/s1. The molecule has 0 spiro atoms. The molecule has 22 heavy (non-hydrogen) atoms. The molecular formula is C15H17BrN2O3S. The van der Waals surface area contributed by atoms with E-state index in [0.29, 0.717) is 23.0 Å². The monoisotopic (exact) mass is 384 g/mol. The third-order valence-corrected chi connectivity index (χ3v) is 4.10. The normalized spacial score (nSPS) is 17.6. The molecule has 2 N–H and O–H groups in total. The second-order valence-corrected chi connectivity index (χ2v) is 5.95. The number of halogens is 1. The maximum absolute atomic E-state index is 12.1. The predicted molar refractivity (Wildman–Crippen MR) is 91.6 cm³/mol. The van der Waals surface area contributed by atoms with Gasteiger partial charge in [-0.15, -0.1) is 0 Å². The van der Waals surface area contributed by atoms with Crippen LogP contribution < -0.4 is 15.4 Å². The van der Waals surface area contributed by atoms with Crippen molar-refractivity contribution >= 4 is 39.2 Å². The molecule has 0 fully saturated rings. The van der Waals surface area contributed by atoms with Crippen molar-refractivity contribution < 1.29 is 14.3 Å². The molecule has 1 heterocycles. The van der Waals surface area contributed by atoms with E-state index in [0.717, 1.165) is 15.8 Å². The fourth-order valence-electron chi connectivity index (χ4n) is 2.29. The average molecular weight is 385 g/mol. The number of thiocarbonyl (C=S) groups is 1. The summed E-state index contributed by atoms with van der Waals surface area (Å²) in [5.41, 5.74) is 2.08. The first-order chi connectivity index (χ1) is 10.5. The third-order valence-electron chi connectivity index (χ3n) is 3.26. The molecule has 1 atom stereocenters. The van der Waals surface area contributed by atoms with Crippen molar-refractivity contribution in [2.45, 2.75) is 19.9 Å². The smallest absolute Gasteiger partial charge is 0.337 e. The molecule has 5 nitrogen and oxygen atoms in total. The van der Waals surface area contributed by atoms with Gasteiger partial charge in [0.05, 0.1) is 29.8 Å². The van der Waals surface area contributed by atoms with Gasteiger partial charge in [-0.1, -0.05) is 6.07 Å². The largest absolute Gasteiger partial charge is 0.493 e. The van der Waals surface area contributed by atoms with Crippen LogP contribution in [0.5, 0.6) is 5.75 Å². The Hall–Kier alpha value is -1.60. The van der Waals surface area contributed by atoms with Crippen LogP contribution in [0.2, 0.25) is 0 Å². The topological polar surface area (TPSA) is 59.6 Å². The van der Waals surface area contributed by atoms with Crippen LogP contribution >= 0.6 is 28.1 Å². The summed E-state index contributed by atoms with van der Waals surface area (Å²) in [6, 6.07) is 5.30. The summed E-state index contributed by atoms with van der Waals surface area (Å²) in [6.07, 6.45) is 0. The molecule has 7 heteroatoms. The molecule has 0 aliphatic carbocycles. The molecule has 0 aromatic heterocycles. The summed E-state index contributed by atoms with van der Waals surface area (Å²) in [6.45, 7) is 4.31. The lowest BCUT2D eigenvalue weighted by Crippen LogP contribution is -2.45. The van der Waals surface area contributed by atoms with Crippen LogP contribution in [0.25, 0.3) is 0 Å². The highest BCUT2D eigenvalue weighted by Gasteiger charge is 2.30. The molecule has 0 saturated heterocycles. The number of benzene rings is 1. The van der Waals surface area contributed by atoms with Gasteiger partial charge in [-0.3, -0.25) is 0 Å². The van der Waals surface area contributed by atoms with Crippen molar-refractivity contribution in [3.63, 3.8) is 0 Å². The molecule has 1 aliphatic rings. The summed E-state index contributed by atoms with van der Waals surface area (Å²) in [7, 11) is 1.36. The van der Waals surface area contributed by atoms with Gasteiger partial charge < -0.3 is 20.1 Å². The molecular weight excluding hydrogens is 368 g/mol. The maximum Gasteiger partial charge on any atom is 0.337 e. The Balaban J connectivity index is 2.44. The first-order valence-corrected chi connectivity index (χ1v) is 7.96. The SMILES string of the molecule is CCOc1ccc([C@@H]2NC(=S)NC(C)=C2C(=O)OC)cc1Br. The van der Waals surface area contributed by atoms with Crippen molar-refractivity contribution in [3.8, 4) is 5.75 Å². The number of rotatable bonds is 4. The van der Waals surface area contributed by atoms with Crippen LogP contribution in [0.15, 0.2) is 33.9 Å². The van der Waals surface area contributed by atoms with Crippen molar-refractivity contribution in [1.82, 2.24) is 10.6 Å². The minimum atomic E-state index is -0.394. The molecule has 0 unspecified atom stereocenters. The molecule has 1 aliphatic heterocycles. The van der Waals surface area contributed by atoms with E-state index in [4.69, 9.17) is 21.7 Å². The highest BCUT2D eigenvalue weighted by Crippen LogP contribution is 2.33. The summed E-state index contributed by atoms with van der Waals surface area (Å²) in [4.78, 5) is 12.1. The number of esters is 1. The quantitative estimate of drug-likeness (QED) is 0.614. The molecule has 2 rings (SSSR count). The van der Waals surface area contributed by atoms with Crippen LogP contribution in [-0.4, -0.2) is 24.8 Å². The van der Waals surface area contributed by atoms with Crippen molar-refractivity contribution in [1.29, 1.82) is 0 Å². The van der Waals surface area contributed by atoms with E-state index in [1.807, 2.05) is 25.1 Å². The Labute approximate surface area is 143 Å².